The molecule has 0 radical (unpaired) electrons. The van der Waals surface area contributed by atoms with Crippen LogP contribution in [0.25, 0.3) is 0 Å². The first-order valence-electron chi connectivity index (χ1n) is 11.2. The van der Waals surface area contributed by atoms with Crippen molar-refractivity contribution in [2.45, 2.75) is 38.9 Å². The standard InChI is InChI=1S/C27H27Br2ClN2O3/c1-18(2)31-27(34)24(14-19-6-4-3-5-7-19)32(16-20-8-10-21(28)11-9-20)26(33)17-35-25-13-12-22(29)15-23(25)30/h3-13,15,18,24H,14,16-17H2,1-2H3,(H,31,34). The van der Waals surface area contributed by atoms with Crippen LogP contribution < -0.4 is 10.1 Å². The van der Waals surface area contributed by atoms with E-state index in [9.17, 15) is 9.59 Å². The molecule has 0 aliphatic carbocycles. The maximum atomic E-state index is 13.5. The van der Waals surface area contributed by atoms with Gasteiger partial charge in [0.25, 0.3) is 5.91 Å². The molecule has 1 atom stereocenters. The minimum atomic E-state index is -0.722. The Morgan fingerprint density at radius 3 is 2.23 bits per heavy atom. The van der Waals surface area contributed by atoms with Gasteiger partial charge in [-0.3, -0.25) is 9.59 Å². The Morgan fingerprint density at radius 1 is 0.943 bits per heavy atom. The van der Waals surface area contributed by atoms with E-state index >= 15 is 0 Å². The summed E-state index contributed by atoms with van der Waals surface area (Å²) in [7, 11) is 0. The Bertz CT molecular complexity index is 1140. The van der Waals surface area contributed by atoms with Crippen LogP contribution in [-0.4, -0.2) is 35.4 Å². The number of benzene rings is 3. The molecule has 0 aromatic heterocycles. The Balaban J connectivity index is 1.91. The SMILES string of the molecule is CC(C)NC(=O)C(Cc1ccccc1)N(Cc1ccc(Br)cc1)C(=O)COc1ccc(Br)cc1Cl. The van der Waals surface area contributed by atoms with Gasteiger partial charge in [-0.05, 0) is 55.3 Å². The van der Waals surface area contributed by atoms with E-state index in [4.69, 9.17) is 16.3 Å². The summed E-state index contributed by atoms with van der Waals surface area (Å²) < 4.78 is 7.52. The lowest BCUT2D eigenvalue weighted by Gasteiger charge is -2.32. The Kier molecular flexibility index (Phi) is 10.2. The molecule has 0 saturated carbocycles. The smallest absolute Gasteiger partial charge is 0.261 e. The molecule has 0 spiro atoms. The fourth-order valence-electron chi connectivity index (χ4n) is 3.54. The van der Waals surface area contributed by atoms with Crippen LogP contribution in [0.5, 0.6) is 5.75 Å². The summed E-state index contributed by atoms with van der Waals surface area (Å²) in [6.45, 7) is 3.80. The predicted molar refractivity (Wildman–Crippen MR) is 147 cm³/mol. The van der Waals surface area contributed by atoms with Crippen molar-refractivity contribution in [1.82, 2.24) is 10.2 Å². The molecule has 0 bridgehead atoms. The van der Waals surface area contributed by atoms with Crippen molar-refractivity contribution in [2.24, 2.45) is 0 Å². The van der Waals surface area contributed by atoms with E-state index in [1.807, 2.05) is 68.4 Å². The molecule has 35 heavy (non-hydrogen) atoms. The summed E-state index contributed by atoms with van der Waals surface area (Å²) in [6.07, 6.45) is 0.376. The minimum Gasteiger partial charge on any atom is -0.482 e. The van der Waals surface area contributed by atoms with E-state index in [0.717, 1.165) is 20.1 Å². The number of nitrogens with one attached hydrogen (secondary N) is 1. The first-order chi connectivity index (χ1) is 16.7. The van der Waals surface area contributed by atoms with Gasteiger partial charge in [0.05, 0.1) is 5.02 Å². The van der Waals surface area contributed by atoms with Gasteiger partial charge in [0, 0.05) is 28.0 Å². The van der Waals surface area contributed by atoms with E-state index in [1.54, 1.807) is 23.1 Å². The Hall–Kier alpha value is -2.35. The summed E-state index contributed by atoms with van der Waals surface area (Å²) in [5.41, 5.74) is 1.86. The predicted octanol–water partition coefficient (Wildman–Crippen LogP) is 6.41. The van der Waals surface area contributed by atoms with Crippen LogP contribution in [0, 0.1) is 0 Å². The number of rotatable bonds is 10. The molecule has 1 N–H and O–H groups in total. The fourth-order valence-corrected chi connectivity index (χ4v) is 4.53. The maximum Gasteiger partial charge on any atom is 0.261 e. The molecule has 0 saturated heterocycles. The largest absolute Gasteiger partial charge is 0.482 e. The van der Waals surface area contributed by atoms with Gasteiger partial charge in [0.1, 0.15) is 11.8 Å². The maximum absolute atomic E-state index is 13.5. The zero-order chi connectivity index (χ0) is 25.4. The highest BCUT2D eigenvalue weighted by molar-refractivity contribution is 9.10. The second-order valence-corrected chi connectivity index (χ2v) is 10.6. The average Bonchev–Trinajstić information content (AvgIpc) is 2.82. The van der Waals surface area contributed by atoms with E-state index in [1.165, 1.54) is 0 Å². The fraction of sp³-hybridized carbons (Fsp3) is 0.259. The van der Waals surface area contributed by atoms with Gasteiger partial charge in [-0.25, -0.2) is 0 Å². The molecule has 3 aromatic carbocycles. The van der Waals surface area contributed by atoms with Crippen molar-refractivity contribution >= 4 is 55.3 Å². The third-order valence-electron chi connectivity index (χ3n) is 5.21. The number of hydrogen-bond acceptors (Lipinski definition) is 3. The number of halogens is 3. The molecule has 0 aliphatic rings. The molecule has 0 fully saturated rings. The monoisotopic (exact) mass is 620 g/mol. The van der Waals surface area contributed by atoms with Crippen LogP contribution in [0.2, 0.25) is 5.02 Å². The van der Waals surface area contributed by atoms with Gasteiger partial charge in [0.2, 0.25) is 5.91 Å². The number of amides is 2. The van der Waals surface area contributed by atoms with Crippen LogP contribution in [0.1, 0.15) is 25.0 Å². The van der Waals surface area contributed by atoms with Gasteiger partial charge >= 0.3 is 0 Å². The van der Waals surface area contributed by atoms with Crippen molar-refractivity contribution in [1.29, 1.82) is 0 Å². The quantitative estimate of drug-likeness (QED) is 0.285. The summed E-state index contributed by atoms with van der Waals surface area (Å²) in [6, 6.07) is 21.8. The molecule has 2 amide bonds. The highest BCUT2D eigenvalue weighted by Gasteiger charge is 2.31. The third kappa shape index (κ3) is 8.37. The molecule has 3 rings (SSSR count). The van der Waals surface area contributed by atoms with E-state index in [0.29, 0.717) is 17.2 Å². The lowest BCUT2D eigenvalue weighted by Crippen LogP contribution is -2.52. The van der Waals surface area contributed by atoms with E-state index in [-0.39, 0.29) is 31.0 Å². The zero-order valence-corrected chi connectivity index (χ0v) is 23.4. The molecule has 0 heterocycles. The first kappa shape index (κ1) is 27.2. The molecule has 5 nitrogen and oxygen atoms in total. The van der Waals surface area contributed by atoms with E-state index in [2.05, 4.69) is 37.2 Å². The topological polar surface area (TPSA) is 58.6 Å². The summed E-state index contributed by atoms with van der Waals surface area (Å²) in [5.74, 6) is -0.124. The molecule has 0 aliphatic heterocycles. The van der Waals surface area contributed by atoms with Crippen molar-refractivity contribution in [3.63, 3.8) is 0 Å². The lowest BCUT2D eigenvalue weighted by molar-refractivity contribution is -0.143. The first-order valence-corrected chi connectivity index (χ1v) is 13.2. The van der Waals surface area contributed by atoms with Crippen molar-refractivity contribution in [3.8, 4) is 5.75 Å². The third-order valence-corrected chi connectivity index (χ3v) is 6.53. The zero-order valence-electron chi connectivity index (χ0n) is 19.5. The minimum absolute atomic E-state index is 0.0665. The highest BCUT2D eigenvalue weighted by atomic mass is 79.9. The second kappa shape index (κ2) is 13.1. The highest BCUT2D eigenvalue weighted by Crippen LogP contribution is 2.28. The molecule has 1 unspecified atom stereocenters. The molecule has 8 heteroatoms. The number of ether oxygens (including phenoxy) is 1. The Labute approximate surface area is 228 Å². The number of nitrogens with zero attached hydrogens (tertiary/aromatic N) is 1. The van der Waals surface area contributed by atoms with Gasteiger partial charge < -0.3 is 15.0 Å². The van der Waals surface area contributed by atoms with Crippen LogP contribution in [0.3, 0.4) is 0 Å². The van der Waals surface area contributed by atoms with Crippen molar-refractivity contribution < 1.29 is 14.3 Å². The number of hydrogen-bond donors (Lipinski definition) is 1. The molecular formula is C27H27Br2ClN2O3. The van der Waals surface area contributed by atoms with Gasteiger partial charge in [-0.15, -0.1) is 0 Å². The summed E-state index contributed by atoms with van der Waals surface area (Å²) >= 11 is 13.1. The lowest BCUT2D eigenvalue weighted by atomic mass is 10.0. The van der Waals surface area contributed by atoms with Crippen LogP contribution in [0.4, 0.5) is 0 Å². The second-order valence-electron chi connectivity index (χ2n) is 8.38. The van der Waals surface area contributed by atoms with Gasteiger partial charge in [-0.2, -0.15) is 0 Å². The normalized spacial score (nSPS) is 11.7. The van der Waals surface area contributed by atoms with Crippen LogP contribution >= 0.6 is 43.5 Å². The number of carbonyl (C=O) groups excluding carboxylic acids is 2. The molecule has 184 valence electrons. The van der Waals surface area contributed by atoms with Gasteiger partial charge in [-0.1, -0.05) is 85.9 Å². The summed E-state index contributed by atoms with van der Waals surface area (Å²) in [4.78, 5) is 28.5. The number of carbonyl (C=O) groups is 2. The van der Waals surface area contributed by atoms with Crippen LogP contribution in [-0.2, 0) is 22.6 Å². The van der Waals surface area contributed by atoms with Crippen molar-refractivity contribution in [2.75, 3.05) is 6.61 Å². The summed E-state index contributed by atoms with van der Waals surface area (Å²) in [5, 5.41) is 3.37. The van der Waals surface area contributed by atoms with Crippen molar-refractivity contribution in [3.05, 3.63) is 97.9 Å². The Morgan fingerprint density at radius 2 is 1.60 bits per heavy atom. The molecule has 3 aromatic rings. The van der Waals surface area contributed by atoms with E-state index < -0.39 is 6.04 Å². The molecular weight excluding hydrogens is 596 g/mol. The van der Waals surface area contributed by atoms with Crippen LogP contribution in [0.15, 0.2) is 81.7 Å². The van der Waals surface area contributed by atoms with Gasteiger partial charge in [0.15, 0.2) is 6.61 Å². The average molecular weight is 623 g/mol.